The van der Waals surface area contributed by atoms with Gasteiger partial charge in [-0.15, -0.1) is 0 Å². The number of hydrogen-bond acceptors (Lipinski definition) is 4. The standard InChI is InChI=1S/C13H19ClO3S/c1-3-18-6-4-5-17-13-11(14)7-10(9-15)8-12(13)16-2/h7-8,15H,3-6,9H2,1-2H3. The molecule has 18 heavy (non-hydrogen) atoms. The largest absolute Gasteiger partial charge is 0.493 e. The fourth-order valence-electron chi connectivity index (χ4n) is 1.48. The van der Waals surface area contributed by atoms with Crippen LogP contribution in [0.25, 0.3) is 0 Å². The highest BCUT2D eigenvalue weighted by Crippen LogP contribution is 2.36. The van der Waals surface area contributed by atoms with Crippen molar-refractivity contribution < 1.29 is 14.6 Å². The Bertz CT molecular complexity index is 371. The molecular weight excluding hydrogens is 272 g/mol. The number of aliphatic hydroxyl groups excluding tert-OH is 1. The van der Waals surface area contributed by atoms with Crippen LogP contribution in [0.4, 0.5) is 0 Å². The van der Waals surface area contributed by atoms with Gasteiger partial charge in [-0.1, -0.05) is 18.5 Å². The summed E-state index contributed by atoms with van der Waals surface area (Å²) in [4.78, 5) is 0. The van der Waals surface area contributed by atoms with Crippen LogP contribution in [0, 0.1) is 0 Å². The maximum atomic E-state index is 9.09. The third-order valence-corrected chi connectivity index (χ3v) is 3.62. The SMILES string of the molecule is CCSCCCOc1c(Cl)cc(CO)cc1OC. The lowest BCUT2D eigenvalue weighted by molar-refractivity contribution is 0.277. The fraction of sp³-hybridized carbons (Fsp3) is 0.538. The van der Waals surface area contributed by atoms with Gasteiger partial charge in [-0.05, 0) is 35.6 Å². The third kappa shape index (κ3) is 4.59. The van der Waals surface area contributed by atoms with E-state index in [1.165, 1.54) is 0 Å². The second kappa shape index (κ2) is 8.51. The van der Waals surface area contributed by atoms with Gasteiger partial charge in [-0.3, -0.25) is 0 Å². The van der Waals surface area contributed by atoms with Gasteiger partial charge in [-0.2, -0.15) is 11.8 Å². The summed E-state index contributed by atoms with van der Waals surface area (Å²) in [6, 6.07) is 3.43. The van der Waals surface area contributed by atoms with Crippen LogP contribution in [0.1, 0.15) is 18.9 Å². The number of halogens is 1. The summed E-state index contributed by atoms with van der Waals surface area (Å²) in [5.41, 5.74) is 0.714. The average Bonchev–Trinajstić information content (AvgIpc) is 2.39. The van der Waals surface area contributed by atoms with Gasteiger partial charge in [0, 0.05) is 0 Å². The molecule has 0 saturated heterocycles. The molecule has 0 heterocycles. The summed E-state index contributed by atoms with van der Waals surface area (Å²) in [6.45, 7) is 2.68. The van der Waals surface area contributed by atoms with E-state index in [9.17, 15) is 0 Å². The van der Waals surface area contributed by atoms with Crippen LogP contribution in [0.5, 0.6) is 11.5 Å². The lowest BCUT2D eigenvalue weighted by Crippen LogP contribution is -2.02. The molecule has 0 bridgehead atoms. The van der Waals surface area contributed by atoms with E-state index in [0.29, 0.717) is 28.7 Å². The molecule has 3 nitrogen and oxygen atoms in total. The van der Waals surface area contributed by atoms with Crippen LogP contribution in [0.3, 0.4) is 0 Å². The quantitative estimate of drug-likeness (QED) is 0.745. The minimum Gasteiger partial charge on any atom is -0.493 e. The van der Waals surface area contributed by atoms with Crippen molar-refractivity contribution in [1.82, 2.24) is 0 Å². The third-order valence-electron chi connectivity index (χ3n) is 2.36. The van der Waals surface area contributed by atoms with Crippen LogP contribution in [0.15, 0.2) is 12.1 Å². The fourth-order valence-corrected chi connectivity index (χ4v) is 2.38. The Hall–Kier alpha value is -0.580. The van der Waals surface area contributed by atoms with Gasteiger partial charge < -0.3 is 14.6 Å². The molecular formula is C13H19ClO3S. The number of benzene rings is 1. The first-order chi connectivity index (χ1) is 8.72. The molecule has 1 N–H and O–H groups in total. The minimum atomic E-state index is -0.0660. The van der Waals surface area contributed by atoms with E-state index in [1.54, 1.807) is 19.2 Å². The smallest absolute Gasteiger partial charge is 0.179 e. The van der Waals surface area contributed by atoms with Crippen molar-refractivity contribution in [2.24, 2.45) is 0 Å². The van der Waals surface area contributed by atoms with Gasteiger partial charge in [0.2, 0.25) is 0 Å². The summed E-state index contributed by atoms with van der Waals surface area (Å²) >= 11 is 8.00. The Morgan fingerprint density at radius 1 is 1.39 bits per heavy atom. The van der Waals surface area contributed by atoms with Crippen molar-refractivity contribution in [2.45, 2.75) is 20.0 Å². The lowest BCUT2D eigenvalue weighted by Gasteiger charge is -2.13. The molecule has 5 heteroatoms. The zero-order valence-corrected chi connectivity index (χ0v) is 12.3. The summed E-state index contributed by atoms with van der Waals surface area (Å²) in [6.07, 6.45) is 0.972. The highest BCUT2D eigenvalue weighted by Gasteiger charge is 2.11. The molecule has 0 fully saturated rings. The van der Waals surface area contributed by atoms with Crippen molar-refractivity contribution in [3.8, 4) is 11.5 Å². The van der Waals surface area contributed by atoms with Gasteiger partial charge in [0.15, 0.2) is 11.5 Å². The minimum absolute atomic E-state index is 0.0660. The zero-order chi connectivity index (χ0) is 13.4. The molecule has 0 atom stereocenters. The number of methoxy groups -OCH3 is 1. The van der Waals surface area contributed by atoms with Gasteiger partial charge in [0.1, 0.15) is 0 Å². The summed E-state index contributed by atoms with van der Waals surface area (Å²) in [5.74, 6) is 3.31. The van der Waals surface area contributed by atoms with E-state index in [-0.39, 0.29) is 6.61 Å². The van der Waals surface area contributed by atoms with Crippen molar-refractivity contribution in [3.63, 3.8) is 0 Å². The number of thioether (sulfide) groups is 1. The topological polar surface area (TPSA) is 38.7 Å². The first-order valence-corrected chi connectivity index (χ1v) is 7.44. The molecule has 0 amide bonds. The predicted octanol–water partition coefficient (Wildman–Crippen LogP) is 3.36. The van der Waals surface area contributed by atoms with E-state index >= 15 is 0 Å². The van der Waals surface area contributed by atoms with E-state index in [2.05, 4.69) is 6.92 Å². The molecule has 0 aliphatic heterocycles. The Labute approximate surface area is 117 Å². The highest BCUT2D eigenvalue weighted by molar-refractivity contribution is 7.99. The summed E-state index contributed by atoms with van der Waals surface area (Å²) in [5, 5.41) is 9.56. The maximum absolute atomic E-state index is 9.09. The molecule has 0 aliphatic rings. The molecule has 0 radical (unpaired) electrons. The Morgan fingerprint density at radius 3 is 2.78 bits per heavy atom. The molecule has 0 aromatic heterocycles. The van der Waals surface area contributed by atoms with Crippen LogP contribution in [-0.4, -0.2) is 30.3 Å². The van der Waals surface area contributed by atoms with E-state index in [1.807, 2.05) is 11.8 Å². The summed E-state index contributed by atoms with van der Waals surface area (Å²) < 4.78 is 10.9. The van der Waals surface area contributed by atoms with E-state index in [0.717, 1.165) is 17.9 Å². The van der Waals surface area contributed by atoms with Crippen molar-refractivity contribution in [2.75, 3.05) is 25.2 Å². The molecule has 0 aliphatic carbocycles. The first-order valence-electron chi connectivity index (χ1n) is 5.90. The molecule has 102 valence electrons. The van der Waals surface area contributed by atoms with Gasteiger partial charge in [-0.25, -0.2) is 0 Å². The van der Waals surface area contributed by atoms with Crippen LogP contribution >= 0.6 is 23.4 Å². The average molecular weight is 291 g/mol. The zero-order valence-electron chi connectivity index (χ0n) is 10.7. The van der Waals surface area contributed by atoms with Gasteiger partial charge >= 0.3 is 0 Å². The normalized spacial score (nSPS) is 10.4. The Balaban J connectivity index is 2.63. The molecule has 1 aromatic carbocycles. The predicted molar refractivity (Wildman–Crippen MR) is 77.0 cm³/mol. The highest BCUT2D eigenvalue weighted by atomic mass is 35.5. The molecule has 0 unspecified atom stereocenters. The second-order valence-corrected chi connectivity index (χ2v) is 5.47. The number of rotatable bonds is 8. The Morgan fingerprint density at radius 2 is 2.17 bits per heavy atom. The monoisotopic (exact) mass is 290 g/mol. The molecule has 0 saturated carbocycles. The van der Waals surface area contributed by atoms with E-state index < -0.39 is 0 Å². The Kier molecular flexibility index (Phi) is 7.32. The van der Waals surface area contributed by atoms with E-state index in [4.69, 9.17) is 26.2 Å². The van der Waals surface area contributed by atoms with Gasteiger partial charge in [0.25, 0.3) is 0 Å². The number of hydrogen-bond donors (Lipinski definition) is 1. The van der Waals surface area contributed by atoms with Crippen LogP contribution in [-0.2, 0) is 6.61 Å². The van der Waals surface area contributed by atoms with Crippen LogP contribution < -0.4 is 9.47 Å². The molecule has 1 rings (SSSR count). The maximum Gasteiger partial charge on any atom is 0.179 e. The first kappa shape index (κ1) is 15.5. The van der Waals surface area contributed by atoms with Crippen LogP contribution in [0.2, 0.25) is 5.02 Å². The lowest BCUT2D eigenvalue weighted by atomic mass is 10.2. The molecule has 1 aromatic rings. The second-order valence-electron chi connectivity index (χ2n) is 3.67. The van der Waals surface area contributed by atoms with Crippen molar-refractivity contribution in [3.05, 3.63) is 22.7 Å². The summed E-state index contributed by atoms with van der Waals surface area (Å²) in [7, 11) is 1.56. The van der Waals surface area contributed by atoms with Gasteiger partial charge in [0.05, 0.1) is 25.3 Å². The number of aliphatic hydroxyl groups is 1. The number of ether oxygens (including phenoxy) is 2. The van der Waals surface area contributed by atoms with Crippen molar-refractivity contribution >= 4 is 23.4 Å². The van der Waals surface area contributed by atoms with Crippen molar-refractivity contribution in [1.29, 1.82) is 0 Å². The molecule has 0 spiro atoms.